The lowest BCUT2D eigenvalue weighted by molar-refractivity contribution is 0.0219. The van der Waals surface area contributed by atoms with Gasteiger partial charge in [0.25, 0.3) is 0 Å². The monoisotopic (exact) mass is 343 g/mol. The molecular weight excluding hydrogens is 322 g/mol. The fraction of sp³-hybridized carbons (Fsp3) is 0.412. The van der Waals surface area contributed by atoms with Crippen molar-refractivity contribution in [1.82, 2.24) is 19.9 Å². The number of anilines is 1. The molecule has 0 aromatic carbocycles. The molecular formula is C17H21N5O3. The van der Waals surface area contributed by atoms with E-state index in [1.165, 1.54) is 6.33 Å². The largest absolute Gasteiger partial charge is 0.444 e. The lowest BCUT2D eigenvalue weighted by atomic mass is 10.1. The van der Waals surface area contributed by atoms with Gasteiger partial charge in [-0.25, -0.2) is 19.7 Å². The second kappa shape index (κ2) is 6.54. The van der Waals surface area contributed by atoms with Crippen molar-refractivity contribution in [2.24, 2.45) is 0 Å². The van der Waals surface area contributed by atoms with Crippen molar-refractivity contribution < 1.29 is 14.3 Å². The number of hydrogen-bond acceptors (Lipinski definition) is 7. The Kier molecular flexibility index (Phi) is 4.43. The van der Waals surface area contributed by atoms with E-state index in [2.05, 4.69) is 15.0 Å². The smallest absolute Gasteiger partial charge is 0.410 e. The van der Waals surface area contributed by atoms with Gasteiger partial charge in [0.1, 0.15) is 23.5 Å². The normalized spacial score (nSPS) is 14.0. The van der Waals surface area contributed by atoms with Crippen molar-refractivity contribution in [2.75, 3.05) is 12.3 Å². The number of rotatable bonds is 2. The zero-order valence-corrected chi connectivity index (χ0v) is 14.5. The molecule has 1 aliphatic rings. The molecule has 3 heterocycles. The molecule has 0 radical (unpaired) electrons. The maximum Gasteiger partial charge on any atom is 0.410 e. The molecule has 0 fully saturated rings. The van der Waals surface area contributed by atoms with Gasteiger partial charge in [0.05, 0.1) is 18.4 Å². The van der Waals surface area contributed by atoms with Crippen LogP contribution < -0.4 is 10.5 Å². The van der Waals surface area contributed by atoms with Gasteiger partial charge in [-0.15, -0.1) is 0 Å². The molecule has 2 aromatic rings. The molecule has 0 atom stereocenters. The van der Waals surface area contributed by atoms with Crippen molar-refractivity contribution in [1.29, 1.82) is 0 Å². The Balaban J connectivity index is 1.76. The van der Waals surface area contributed by atoms with Gasteiger partial charge < -0.3 is 20.1 Å². The number of carbonyl (C=O) groups is 1. The van der Waals surface area contributed by atoms with Gasteiger partial charge in [-0.3, -0.25) is 0 Å². The molecule has 8 nitrogen and oxygen atoms in total. The third kappa shape index (κ3) is 4.14. The number of aromatic nitrogens is 3. The highest BCUT2D eigenvalue weighted by Gasteiger charge is 2.28. The molecule has 0 spiro atoms. The summed E-state index contributed by atoms with van der Waals surface area (Å²) in [7, 11) is 0. The zero-order valence-electron chi connectivity index (χ0n) is 14.5. The Hall–Kier alpha value is -2.90. The van der Waals surface area contributed by atoms with Crippen molar-refractivity contribution in [3.8, 4) is 11.6 Å². The first-order valence-electron chi connectivity index (χ1n) is 8.02. The average molecular weight is 343 g/mol. The van der Waals surface area contributed by atoms with Crippen molar-refractivity contribution >= 4 is 11.9 Å². The topological polar surface area (TPSA) is 103 Å². The molecule has 1 aliphatic heterocycles. The van der Waals surface area contributed by atoms with Crippen LogP contribution in [0.2, 0.25) is 0 Å². The van der Waals surface area contributed by atoms with Crippen LogP contribution in [-0.4, -0.2) is 38.1 Å². The summed E-state index contributed by atoms with van der Waals surface area (Å²) in [4.78, 5) is 26.4. The maximum absolute atomic E-state index is 12.2. The van der Waals surface area contributed by atoms with Crippen LogP contribution in [0.4, 0.5) is 10.6 Å². The minimum atomic E-state index is -0.528. The zero-order chi connectivity index (χ0) is 18.0. The quantitative estimate of drug-likeness (QED) is 0.893. The Morgan fingerprint density at radius 3 is 2.72 bits per heavy atom. The molecule has 0 saturated carbocycles. The number of ether oxygens (including phenoxy) is 2. The first kappa shape index (κ1) is 16.9. The van der Waals surface area contributed by atoms with Crippen LogP contribution in [0.1, 0.15) is 32.0 Å². The molecule has 0 saturated heterocycles. The first-order valence-corrected chi connectivity index (χ1v) is 8.02. The number of hydrogen-bond donors (Lipinski definition) is 1. The van der Waals surface area contributed by atoms with Crippen molar-refractivity contribution in [2.45, 2.75) is 39.3 Å². The van der Waals surface area contributed by atoms with E-state index in [1.807, 2.05) is 20.8 Å². The Morgan fingerprint density at radius 1 is 1.24 bits per heavy atom. The van der Waals surface area contributed by atoms with Gasteiger partial charge in [-0.05, 0) is 39.3 Å². The standard InChI is InChI=1S/C17H21N5O3/c1-17(2,3)25-16(23)22-7-6-12-13(9-22)20-10-21-15(12)24-11-4-5-14(18)19-8-11/h4-5,8,10H,6-7,9H2,1-3H3,(H2,18,19). The molecule has 2 N–H and O–H groups in total. The van der Waals surface area contributed by atoms with Crippen molar-refractivity contribution in [3.63, 3.8) is 0 Å². The van der Waals surface area contributed by atoms with Gasteiger partial charge in [0, 0.05) is 12.1 Å². The summed E-state index contributed by atoms with van der Waals surface area (Å²) in [5, 5.41) is 0. The number of nitrogens with zero attached hydrogens (tertiary/aromatic N) is 4. The van der Waals surface area contributed by atoms with Crippen LogP contribution in [0.15, 0.2) is 24.7 Å². The summed E-state index contributed by atoms with van der Waals surface area (Å²) in [6.07, 6.45) is 3.21. The van der Waals surface area contributed by atoms with Crippen LogP contribution in [0, 0.1) is 0 Å². The Bertz CT molecular complexity index is 771. The summed E-state index contributed by atoms with van der Waals surface area (Å²) < 4.78 is 11.2. The van der Waals surface area contributed by atoms with E-state index in [0.717, 1.165) is 11.3 Å². The lowest BCUT2D eigenvalue weighted by Crippen LogP contribution is -2.40. The predicted octanol–water partition coefficient (Wildman–Crippen LogP) is 2.54. The minimum absolute atomic E-state index is 0.345. The molecule has 1 amide bonds. The van der Waals surface area contributed by atoms with E-state index >= 15 is 0 Å². The number of carbonyl (C=O) groups excluding carboxylic acids is 1. The average Bonchev–Trinajstić information content (AvgIpc) is 2.55. The predicted molar refractivity (Wildman–Crippen MR) is 91.1 cm³/mol. The third-order valence-electron chi connectivity index (χ3n) is 3.59. The molecule has 8 heteroatoms. The Morgan fingerprint density at radius 2 is 2.04 bits per heavy atom. The second-order valence-electron chi connectivity index (χ2n) is 6.78. The maximum atomic E-state index is 12.2. The molecule has 3 rings (SSSR count). The first-order chi connectivity index (χ1) is 11.8. The van der Waals surface area contributed by atoms with E-state index < -0.39 is 5.60 Å². The molecule has 25 heavy (non-hydrogen) atoms. The molecule has 2 aromatic heterocycles. The van der Waals surface area contributed by atoms with Gasteiger partial charge in [-0.1, -0.05) is 0 Å². The summed E-state index contributed by atoms with van der Waals surface area (Å²) in [6, 6.07) is 3.39. The number of nitrogen functional groups attached to an aromatic ring is 1. The highest BCUT2D eigenvalue weighted by molar-refractivity contribution is 5.68. The van der Waals surface area contributed by atoms with Gasteiger partial charge in [0.15, 0.2) is 0 Å². The molecule has 0 aliphatic carbocycles. The van der Waals surface area contributed by atoms with Crippen LogP contribution in [0.25, 0.3) is 0 Å². The highest BCUT2D eigenvalue weighted by Crippen LogP contribution is 2.28. The number of pyridine rings is 1. The number of nitrogens with two attached hydrogens (primary N) is 1. The molecule has 132 valence electrons. The van der Waals surface area contributed by atoms with Crippen LogP contribution in [0.3, 0.4) is 0 Å². The van der Waals surface area contributed by atoms with Crippen LogP contribution in [-0.2, 0) is 17.7 Å². The van der Waals surface area contributed by atoms with Crippen molar-refractivity contribution in [3.05, 3.63) is 35.9 Å². The fourth-order valence-corrected chi connectivity index (χ4v) is 2.46. The van der Waals surface area contributed by atoms with Gasteiger partial charge >= 0.3 is 6.09 Å². The summed E-state index contributed by atoms with van der Waals surface area (Å²) >= 11 is 0. The third-order valence-corrected chi connectivity index (χ3v) is 3.59. The Labute approximate surface area is 146 Å². The van der Waals surface area contributed by atoms with E-state index in [-0.39, 0.29) is 6.09 Å². The second-order valence-corrected chi connectivity index (χ2v) is 6.78. The lowest BCUT2D eigenvalue weighted by Gasteiger charge is -2.30. The van der Waals surface area contributed by atoms with E-state index in [9.17, 15) is 4.79 Å². The molecule has 0 unspecified atom stereocenters. The SMILES string of the molecule is CC(C)(C)OC(=O)N1CCc2c(ncnc2Oc2ccc(N)nc2)C1. The van der Waals surface area contributed by atoms with E-state index in [1.54, 1.807) is 23.2 Å². The van der Waals surface area contributed by atoms with Gasteiger partial charge in [-0.2, -0.15) is 0 Å². The highest BCUT2D eigenvalue weighted by atomic mass is 16.6. The molecule has 0 bridgehead atoms. The number of amides is 1. The van der Waals surface area contributed by atoms with Crippen LogP contribution in [0.5, 0.6) is 11.6 Å². The fourth-order valence-electron chi connectivity index (χ4n) is 2.46. The van der Waals surface area contributed by atoms with Gasteiger partial charge in [0.2, 0.25) is 5.88 Å². The summed E-state index contributed by atoms with van der Waals surface area (Å²) in [5.74, 6) is 1.44. The van der Waals surface area contributed by atoms with E-state index in [0.29, 0.717) is 37.0 Å². The minimum Gasteiger partial charge on any atom is -0.444 e. The van der Waals surface area contributed by atoms with E-state index in [4.69, 9.17) is 15.2 Å². The number of fused-ring (bicyclic) bond motifs is 1. The van der Waals surface area contributed by atoms with Crippen LogP contribution >= 0.6 is 0 Å². The summed E-state index contributed by atoms with van der Waals surface area (Å²) in [6.45, 7) is 6.42. The summed E-state index contributed by atoms with van der Waals surface area (Å²) in [5.41, 5.74) is 6.69.